The highest BCUT2D eigenvalue weighted by Gasteiger charge is 2.05. The Hall–Kier alpha value is -0.700. The molecule has 2 aromatic rings. The molecule has 0 aliphatic carbocycles. The molecule has 0 radical (unpaired) electrons. The summed E-state index contributed by atoms with van der Waals surface area (Å²) in [5.74, 6) is 0.214. The largest absolute Gasteiger partial charge is 0.506 e. The smallest absolute Gasteiger partial charge is 0.150 e. The van der Waals surface area contributed by atoms with Crippen LogP contribution in [0.3, 0.4) is 0 Å². The summed E-state index contributed by atoms with van der Waals surface area (Å²) in [5.41, 5.74) is 1.03. The lowest BCUT2D eigenvalue weighted by Crippen LogP contribution is -1.80. The second-order valence-corrected chi connectivity index (χ2v) is 7.32. The van der Waals surface area contributed by atoms with Crippen molar-refractivity contribution in [2.24, 2.45) is 0 Å². The van der Waals surface area contributed by atoms with Crippen LogP contribution in [-0.2, 0) is 0 Å². The molecule has 4 nitrogen and oxygen atoms in total. The van der Waals surface area contributed by atoms with Gasteiger partial charge in [-0.05, 0) is 88.0 Å². The second-order valence-electron chi connectivity index (χ2n) is 3.90. The molecule has 0 heterocycles. The molecular formula is C14H8Br4O4. The van der Waals surface area contributed by atoms with Crippen LogP contribution >= 0.6 is 63.7 Å². The molecule has 2 aromatic carbocycles. The Bertz CT molecular complexity index is 608. The zero-order valence-electron chi connectivity index (χ0n) is 10.7. The van der Waals surface area contributed by atoms with Crippen LogP contribution in [0.5, 0.6) is 11.5 Å². The molecule has 2 rings (SSSR count). The van der Waals surface area contributed by atoms with Crippen LogP contribution in [0.15, 0.2) is 42.2 Å². The van der Waals surface area contributed by atoms with Crippen molar-refractivity contribution >= 4 is 76.3 Å². The van der Waals surface area contributed by atoms with Crippen LogP contribution in [0.4, 0.5) is 0 Å². The van der Waals surface area contributed by atoms with E-state index in [1.165, 1.54) is 0 Å². The van der Waals surface area contributed by atoms with Crippen molar-refractivity contribution in [1.82, 2.24) is 0 Å². The third kappa shape index (κ3) is 5.19. The molecule has 8 heteroatoms. The normalized spacial score (nSPS) is 9.64. The van der Waals surface area contributed by atoms with Gasteiger partial charge >= 0.3 is 0 Å². The standard InChI is InChI=1S/2C7H4Br2O2/c2*8-5-1-4(3-10)2-6(9)7(5)11/h2*1-3,11H. The Morgan fingerprint density at radius 3 is 1.05 bits per heavy atom. The maximum absolute atomic E-state index is 10.3. The Morgan fingerprint density at radius 2 is 0.864 bits per heavy atom. The average molecular weight is 560 g/mol. The van der Waals surface area contributed by atoms with Crippen molar-refractivity contribution in [3.8, 4) is 11.5 Å². The number of phenolic OH excluding ortho intramolecular Hbond substituents is 2. The van der Waals surface area contributed by atoms with Crippen LogP contribution in [0.2, 0.25) is 0 Å². The van der Waals surface area contributed by atoms with E-state index in [2.05, 4.69) is 63.7 Å². The number of hydrogen-bond acceptors (Lipinski definition) is 4. The highest BCUT2D eigenvalue weighted by atomic mass is 79.9. The fourth-order valence-electron chi connectivity index (χ4n) is 1.31. The lowest BCUT2D eigenvalue weighted by atomic mass is 10.2. The number of carbonyl (C=O) groups excluding carboxylic acids is 2. The molecule has 0 saturated carbocycles. The summed E-state index contributed by atoms with van der Waals surface area (Å²) >= 11 is 12.4. The lowest BCUT2D eigenvalue weighted by molar-refractivity contribution is 0.111. The molecule has 22 heavy (non-hydrogen) atoms. The topological polar surface area (TPSA) is 74.6 Å². The fraction of sp³-hybridized carbons (Fsp3) is 0. The second kappa shape index (κ2) is 8.81. The first kappa shape index (κ1) is 19.3. The van der Waals surface area contributed by atoms with Gasteiger partial charge < -0.3 is 10.2 Å². The Kier molecular flexibility index (Phi) is 7.75. The van der Waals surface area contributed by atoms with E-state index >= 15 is 0 Å². The van der Waals surface area contributed by atoms with Crippen LogP contribution in [0.1, 0.15) is 20.7 Å². The zero-order valence-corrected chi connectivity index (χ0v) is 17.0. The molecule has 0 aliphatic rings. The van der Waals surface area contributed by atoms with Gasteiger partial charge in [0, 0.05) is 11.1 Å². The molecule has 0 amide bonds. The third-order valence-electron chi connectivity index (χ3n) is 2.35. The predicted molar refractivity (Wildman–Crippen MR) is 97.8 cm³/mol. The summed E-state index contributed by atoms with van der Waals surface area (Å²) in [6.45, 7) is 0. The van der Waals surface area contributed by atoms with Crippen molar-refractivity contribution in [2.45, 2.75) is 0 Å². The summed E-state index contributed by atoms with van der Waals surface area (Å²) in [4.78, 5) is 20.6. The van der Waals surface area contributed by atoms with Crippen molar-refractivity contribution in [3.05, 3.63) is 53.3 Å². The van der Waals surface area contributed by atoms with Gasteiger partial charge in [-0.3, -0.25) is 9.59 Å². The van der Waals surface area contributed by atoms with Gasteiger partial charge in [-0.15, -0.1) is 0 Å². The van der Waals surface area contributed by atoms with E-state index in [9.17, 15) is 19.8 Å². The fourth-order valence-corrected chi connectivity index (χ4v) is 3.75. The van der Waals surface area contributed by atoms with E-state index in [1.54, 1.807) is 24.3 Å². The van der Waals surface area contributed by atoms with Crippen molar-refractivity contribution in [2.75, 3.05) is 0 Å². The molecule has 0 aromatic heterocycles. The Balaban J connectivity index is 0.000000220. The number of halogens is 4. The maximum Gasteiger partial charge on any atom is 0.150 e. The number of hydrogen-bond donors (Lipinski definition) is 2. The first-order valence-corrected chi connectivity index (χ1v) is 8.73. The van der Waals surface area contributed by atoms with Gasteiger partial charge in [0.1, 0.15) is 24.1 Å². The number of aldehydes is 2. The predicted octanol–water partition coefficient (Wildman–Crippen LogP) is 5.46. The minimum absolute atomic E-state index is 0.107. The van der Waals surface area contributed by atoms with Gasteiger partial charge in [-0.25, -0.2) is 0 Å². The molecule has 0 fully saturated rings. The quantitative estimate of drug-likeness (QED) is 0.479. The number of aromatic hydroxyl groups is 2. The van der Waals surface area contributed by atoms with Crippen molar-refractivity contribution in [3.63, 3.8) is 0 Å². The van der Waals surface area contributed by atoms with Gasteiger partial charge in [0.15, 0.2) is 0 Å². The summed E-state index contributed by atoms with van der Waals surface area (Å²) in [5, 5.41) is 18.4. The van der Waals surface area contributed by atoms with Crippen molar-refractivity contribution < 1.29 is 19.8 Å². The van der Waals surface area contributed by atoms with Gasteiger partial charge in [0.2, 0.25) is 0 Å². The number of carbonyl (C=O) groups is 2. The molecule has 0 unspecified atom stereocenters. The van der Waals surface area contributed by atoms with Crippen LogP contribution < -0.4 is 0 Å². The third-order valence-corrected chi connectivity index (χ3v) is 4.77. The summed E-state index contributed by atoms with van der Waals surface area (Å²) in [6, 6.07) is 6.19. The number of rotatable bonds is 2. The summed E-state index contributed by atoms with van der Waals surface area (Å²) in [6.07, 6.45) is 1.43. The molecule has 0 spiro atoms. The SMILES string of the molecule is O=Cc1cc(Br)c(O)c(Br)c1.O=Cc1cc(Br)c(O)c(Br)c1. The molecule has 0 saturated heterocycles. The molecular weight excluding hydrogens is 552 g/mol. The van der Waals surface area contributed by atoms with E-state index in [-0.39, 0.29) is 11.5 Å². The monoisotopic (exact) mass is 556 g/mol. The zero-order chi connectivity index (χ0) is 16.9. The molecule has 0 bridgehead atoms. The average Bonchev–Trinajstić information content (AvgIpc) is 2.49. The molecule has 116 valence electrons. The van der Waals surface area contributed by atoms with Crippen LogP contribution in [0.25, 0.3) is 0 Å². The minimum Gasteiger partial charge on any atom is -0.506 e. The minimum atomic E-state index is 0.107. The first-order valence-electron chi connectivity index (χ1n) is 5.56. The number of benzene rings is 2. The van der Waals surface area contributed by atoms with E-state index in [0.717, 1.165) is 12.6 Å². The van der Waals surface area contributed by atoms with E-state index in [1.807, 2.05) is 0 Å². The highest BCUT2D eigenvalue weighted by Crippen LogP contribution is 2.33. The summed E-state index contributed by atoms with van der Waals surface area (Å²) in [7, 11) is 0. The Labute approximate surface area is 160 Å². The van der Waals surface area contributed by atoms with E-state index in [4.69, 9.17) is 0 Å². The van der Waals surface area contributed by atoms with Crippen LogP contribution in [-0.4, -0.2) is 22.8 Å². The lowest BCUT2D eigenvalue weighted by Gasteiger charge is -1.99. The Morgan fingerprint density at radius 1 is 0.636 bits per heavy atom. The van der Waals surface area contributed by atoms with Gasteiger partial charge in [0.25, 0.3) is 0 Å². The summed E-state index contributed by atoms with van der Waals surface area (Å²) < 4.78 is 2.03. The van der Waals surface area contributed by atoms with E-state index in [0.29, 0.717) is 29.0 Å². The van der Waals surface area contributed by atoms with Crippen molar-refractivity contribution in [1.29, 1.82) is 0 Å². The van der Waals surface area contributed by atoms with Crippen LogP contribution in [0, 0.1) is 0 Å². The first-order chi connectivity index (χ1) is 10.3. The van der Waals surface area contributed by atoms with E-state index < -0.39 is 0 Å². The molecule has 2 N–H and O–H groups in total. The van der Waals surface area contributed by atoms with Gasteiger partial charge in [-0.2, -0.15) is 0 Å². The maximum atomic E-state index is 10.3. The highest BCUT2D eigenvalue weighted by molar-refractivity contribution is 9.11. The molecule has 0 atom stereocenters. The van der Waals surface area contributed by atoms with Gasteiger partial charge in [-0.1, -0.05) is 0 Å². The van der Waals surface area contributed by atoms with Gasteiger partial charge in [0.05, 0.1) is 17.9 Å². The molecule has 0 aliphatic heterocycles. The number of phenols is 2.